The molecule has 0 amide bonds. The van der Waals surface area contributed by atoms with E-state index >= 15 is 0 Å². The van der Waals surface area contributed by atoms with Crippen LogP contribution < -0.4 is 0 Å². The second-order valence-corrected chi connectivity index (χ2v) is 7.72. The number of carbonyl (C=O) groups is 1. The summed E-state index contributed by atoms with van der Waals surface area (Å²) in [7, 11) is 0. The average Bonchev–Trinajstić information content (AvgIpc) is 2.45. The summed E-state index contributed by atoms with van der Waals surface area (Å²) >= 11 is 5.69. The van der Waals surface area contributed by atoms with E-state index in [2.05, 4.69) is 5.92 Å². The van der Waals surface area contributed by atoms with E-state index in [9.17, 15) is 4.79 Å². The van der Waals surface area contributed by atoms with Gasteiger partial charge in [0, 0.05) is 11.1 Å². The maximum atomic E-state index is 11.5. The van der Waals surface area contributed by atoms with Crippen molar-refractivity contribution in [2.24, 2.45) is 17.8 Å². The summed E-state index contributed by atoms with van der Waals surface area (Å²) in [6.45, 7) is 0. The molecule has 1 aromatic carbocycles. The Hall–Kier alpha value is -1.26. The molecular formula is C19H19ClO. The predicted molar refractivity (Wildman–Crippen MR) is 84.4 cm³/mol. The topological polar surface area (TPSA) is 17.1 Å². The lowest BCUT2D eigenvalue weighted by Crippen LogP contribution is -2.48. The van der Waals surface area contributed by atoms with Crippen molar-refractivity contribution in [2.75, 3.05) is 0 Å². The first-order valence-electron chi connectivity index (χ1n) is 7.90. The molecule has 1 aromatic rings. The highest BCUT2D eigenvalue weighted by Gasteiger charge is 2.52. The van der Waals surface area contributed by atoms with Crippen molar-refractivity contribution in [2.45, 2.75) is 43.9 Å². The van der Waals surface area contributed by atoms with Crippen molar-refractivity contribution in [3.05, 3.63) is 34.9 Å². The summed E-state index contributed by atoms with van der Waals surface area (Å²) in [6.07, 6.45) is 13.7. The van der Waals surface area contributed by atoms with Crippen LogP contribution in [0.3, 0.4) is 0 Å². The van der Waals surface area contributed by atoms with Gasteiger partial charge in [0.1, 0.15) is 0 Å². The highest BCUT2D eigenvalue weighted by Crippen LogP contribution is 2.61. The minimum atomic E-state index is -0.385. The van der Waals surface area contributed by atoms with Crippen molar-refractivity contribution < 1.29 is 4.79 Å². The fourth-order valence-corrected chi connectivity index (χ4v) is 5.79. The van der Waals surface area contributed by atoms with Gasteiger partial charge in [-0.05, 0) is 97.1 Å². The first-order valence-corrected chi connectivity index (χ1v) is 8.28. The Labute approximate surface area is 131 Å². The molecule has 0 heterocycles. The normalized spacial score (nSPS) is 36.5. The molecule has 4 aliphatic rings. The smallest absolute Gasteiger partial charge is 0.252 e. The fourth-order valence-electron chi connectivity index (χ4n) is 5.67. The van der Waals surface area contributed by atoms with Crippen molar-refractivity contribution >= 4 is 16.8 Å². The molecule has 0 aromatic heterocycles. The van der Waals surface area contributed by atoms with E-state index in [1.165, 1.54) is 44.1 Å². The monoisotopic (exact) mass is 298 g/mol. The fraction of sp³-hybridized carbons (Fsp3) is 0.526. The van der Waals surface area contributed by atoms with Gasteiger partial charge < -0.3 is 0 Å². The highest BCUT2D eigenvalue weighted by atomic mass is 35.5. The van der Waals surface area contributed by atoms with Gasteiger partial charge in [-0.15, -0.1) is 6.42 Å². The molecule has 108 valence electrons. The number of terminal acetylenes is 1. The summed E-state index contributed by atoms with van der Waals surface area (Å²) in [5, 5.41) is -0.385. The van der Waals surface area contributed by atoms with Gasteiger partial charge in [-0.1, -0.05) is 5.92 Å². The zero-order chi connectivity index (χ0) is 14.6. The standard InChI is InChI=1S/C19H19ClO/c1-2-15-3-4-16(18(20)21)8-17(15)19-9-12-5-13(10-19)7-14(6-12)11-19/h1,3-4,8,12-14H,5-7,9-11H2. The van der Waals surface area contributed by atoms with Gasteiger partial charge in [-0.25, -0.2) is 0 Å². The molecule has 4 bridgehead atoms. The third-order valence-corrected chi connectivity index (χ3v) is 6.23. The minimum Gasteiger partial charge on any atom is -0.276 e. The van der Waals surface area contributed by atoms with Crippen LogP contribution in [0.5, 0.6) is 0 Å². The molecule has 0 unspecified atom stereocenters. The van der Waals surface area contributed by atoms with Gasteiger partial charge in [0.2, 0.25) is 0 Å². The molecule has 0 spiro atoms. The van der Waals surface area contributed by atoms with Crippen LogP contribution in [0.2, 0.25) is 0 Å². The van der Waals surface area contributed by atoms with E-state index in [0.29, 0.717) is 5.56 Å². The van der Waals surface area contributed by atoms with Gasteiger partial charge in [-0.2, -0.15) is 0 Å². The van der Waals surface area contributed by atoms with E-state index < -0.39 is 0 Å². The van der Waals surface area contributed by atoms with E-state index in [1.807, 2.05) is 12.1 Å². The molecule has 0 aliphatic heterocycles. The molecule has 1 nitrogen and oxygen atoms in total. The SMILES string of the molecule is C#Cc1ccc(C(=O)Cl)cc1C12CC3CC(CC(C3)C1)C2. The lowest BCUT2D eigenvalue weighted by molar-refractivity contribution is -0.00530. The van der Waals surface area contributed by atoms with E-state index in [1.54, 1.807) is 6.07 Å². The zero-order valence-corrected chi connectivity index (χ0v) is 12.8. The summed E-state index contributed by atoms with van der Waals surface area (Å²) in [5.74, 6) is 5.41. The van der Waals surface area contributed by atoms with Crippen LogP contribution in [0.1, 0.15) is 60.0 Å². The Bertz CT molecular complexity index is 617. The quantitative estimate of drug-likeness (QED) is 0.580. The molecule has 0 N–H and O–H groups in total. The molecule has 5 rings (SSSR count). The van der Waals surface area contributed by atoms with Crippen LogP contribution in [0.4, 0.5) is 0 Å². The number of carbonyl (C=O) groups excluding carboxylic acids is 1. The van der Waals surface area contributed by atoms with E-state index in [-0.39, 0.29) is 10.7 Å². The number of benzene rings is 1. The minimum absolute atomic E-state index is 0.207. The van der Waals surface area contributed by atoms with Gasteiger partial charge >= 0.3 is 0 Å². The van der Waals surface area contributed by atoms with Crippen LogP contribution in [0.15, 0.2) is 18.2 Å². The van der Waals surface area contributed by atoms with Crippen molar-refractivity contribution in [3.8, 4) is 12.3 Å². The second-order valence-electron chi connectivity index (χ2n) is 7.38. The third kappa shape index (κ3) is 2.04. The van der Waals surface area contributed by atoms with Crippen LogP contribution in [-0.2, 0) is 5.41 Å². The summed E-state index contributed by atoms with van der Waals surface area (Å²) < 4.78 is 0. The molecule has 4 fully saturated rings. The Kier molecular flexibility index (Phi) is 2.95. The molecular weight excluding hydrogens is 280 g/mol. The third-order valence-electron chi connectivity index (χ3n) is 6.01. The Morgan fingerprint density at radius 3 is 2.19 bits per heavy atom. The Balaban J connectivity index is 1.84. The van der Waals surface area contributed by atoms with E-state index in [0.717, 1.165) is 23.3 Å². The molecule has 0 atom stereocenters. The van der Waals surface area contributed by atoms with Crippen LogP contribution in [-0.4, -0.2) is 5.24 Å². The summed E-state index contributed by atoms with van der Waals surface area (Å²) in [4.78, 5) is 11.5. The largest absolute Gasteiger partial charge is 0.276 e. The first-order chi connectivity index (χ1) is 10.1. The summed E-state index contributed by atoms with van der Waals surface area (Å²) in [5.41, 5.74) is 2.97. The maximum absolute atomic E-state index is 11.5. The van der Waals surface area contributed by atoms with E-state index in [4.69, 9.17) is 18.0 Å². The van der Waals surface area contributed by atoms with Gasteiger partial charge in [0.15, 0.2) is 0 Å². The number of hydrogen-bond acceptors (Lipinski definition) is 1. The molecule has 0 saturated heterocycles. The molecule has 0 radical (unpaired) electrons. The highest BCUT2D eigenvalue weighted by molar-refractivity contribution is 6.67. The number of hydrogen-bond donors (Lipinski definition) is 0. The van der Waals surface area contributed by atoms with Crippen molar-refractivity contribution in [1.82, 2.24) is 0 Å². The lowest BCUT2D eigenvalue weighted by atomic mass is 9.47. The van der Waals surface area contributed by atoms with Gasteiger partial charge in [0.25, 0.3) is 5.24 Å². The predicted octanol–water partition coefficient (Wildman–Crippen LogP) is 4.51. The van der Waals surface area contributed by atoms with Gasteiger partial charge in [0.05, 0.1) is 0 Å². The average molecular weight is 299 g/mol. The Morgan fingerprint density at radius 1 is 1.14 bits per heavy atom. The van der Waals surface area contributed by atoms with Crippen LogP contribution in [0, 0.1) is 30.1 Å². The second kappa shape index (κ2) is 4.62. The van der Waals surface area contributed by atoms with Gasteiger partial charge in [-0.3, -0.25) is 4.79 Å². The number of halogens is 1. The molecule has 21 heavy (non-hydrogen) atoms. The maximum Gasteiger partial charge on any atom is 0.252 e. The van der Waals surface area contributed by atoms with Crippen molar-refractivity contribution in [1.29, 1.82) is 0 Å². The Morgan fingerprint density at radius 2 is 1.71 bits per heavy atom. The molecule has 2 heteroatoms. The van der Waals surface area contributed by atoms with Crippen LogP contribution in [0.25, 0.3) is 0 Å². The molecule has 4 saturated carbocycles. The van der Waals surface area contributed by atoms with Crippen molar-refractivity contribution in [3.63, 3.8) is 0 Å². The number of rotatable bonds is 2. The summed E-state index contributed by atoms with van der Waals surface area (Å²) in [6, 6.07) is 5.65. The lowest BCUT2D eigenvalue weighted by Gasteiger charge is -2.57. The zero-order valence-electron chi connectivity index (χ0n) is 12.1. The first kappa shape index (κ1) is 13.4. The molecule has 4 aliphatic carbocycles. The van der Waals surface area contributed by atoms with Crippen LogP contribution >= 0.6 is 11.6 Å².